The van der Waals surface area contributed by atoms with Crippen LogP contribution in [0.3, 0.4) is 0 Å². The number of pyridine rings is 1. The van der Waals surface area contributed by atoms with E-state index in [4.69, 9.17) is 0 Å². The van der Waals surface area contributed by atoms with E-state index in [1.165, 1.54) is 23.3 Å². The third-order valence-corrected chi connectivity index (χ3v) is 2.90. The van der Waals surface area contributed by atoms with Gasteiger partial charge in [-0.05, 0) is 24.3 Å². The first kappa shape index (κ1) is 14.4. The third kappa shape index (κ3) is 3.38. The molecular weight excluding hydrogens is 296 g/mol. The van der Waals surface area contributed by atoms with Gasteiger partial charge in [-0.2, -0.15) is 9.90 Å². The summed E-state index contributed by atoms with van der Waals surface area (Å²) in [4.78, 5) is 28.9. The standard InChI is InChI=1S/C15H12N6O2/c22-14(12-8-4-5-9-16-12)18-19-15(23)13-10-17-21(20-13)11-6-2-1-3-7-11/h1-10H,(H,18,22)(H,19,23). The summed E-state index contributed by atoms with van der Waals surface area (Å²) in [7, 11) is 0. The lowest BCUT2D eigenvalue weighted by molar-refractivity contribution is 0.0841. The highest BCUT2D eigenvalue weighted by Crippen LogP contribution is 2.04. The number of aromatic nitrogens is 4. The number of carbonyl (C=O) groups excluding carboxylic acids is 2. The summed E-state index contributed by atoms with van der Waals surface area (Å²) in [5.41, 5.74) is 5.54. The zero-order valence-electron chi connectivity index (χ0n) is 11.9. The quantitative estimate of drug-likeness (QED) is 0.695. The molecule has 0 saturated heterocycles. The van der Waals surface area contributed by atoms with Crippen LogP contribution in [-0.2, 0) is 0 Å². The Balaban J connectivity index is 1.63. The normalized spacial score (nSPS) is 10.1. The monoisotopic (exact) mass is 308 g/mol. The summed E-state index contributed by atoms with van der Waals surface area (Å²) in [6, 6.07) is 14.1. The second kappa shape index (κ2) is 6.48. The van der Waals surface area contributed by atoms with E-state index in [1.807, 2.05) is 30.3 Å². The lowest BCUT2D eigenvalue weighted by Gasteiger charge is -2.04. The van der Waals surface area contributed by atoms with Gasteiger partial charge in [0.05, 0.1) is 11.9 Å². The zero-order valence-corrected chi connectivity index (χ0v) is 11.9. The minimum Gasteiger partial charge on any atom is -0.266 e. The van der Waals surface area contributed by atoms with Gasteiger partial charge in [-0.15, -0.1) is 5.10 Å². The molecule has 2 amide bonds. The molecule has 2 N–H and O–H groups in total. The molecule has 0 bridgehead atoms. The van der Waals surface area contributed by atoms with Gasteiger partial charge in [-0.1, -0.05) is 24.3 Å². The van der Waals surface area contributed by atoms with E-state index in [2.05, 4.69) is 26.0 Å². The van der Waals surface area contributed by atoms with E-state index in [1.54, 1.807) is 12.1 Å². The van der Waals surface area contributed by atoms with Crippen molar-refractivity contribution >= 4 is 11.8 Å². The molecule has 8 nitrogen and oxygen atoms in total. The van der Waals surface area contributed by atoms with Crippen LogP contribution in [0.5, 0.6) is 0 Å². The number of nitrogens with zero attached hydrogens (tertiary/aromatic N) is 4. The van der Waals surface area contributed by atoms with Crippen molar-refractivity contribution < 1.29 is 9.59 Å². The van der Waals surface area contributed by atoms with Crippen LogP contribution in [0.4, 0.5) is 0 Å². The van der Waals surface area contributed by atoms with Gasteiger partial charge >= 0.3 is 0 Å². The Bertz CT molecular complexity index is 816. The maximum atomic E-state index is 12.0. The van der Waals surface area contributed by atoms with E-state index in [9.17, 15) is 9.59 Å². The minimum absolute atomic E-state index is 0.0789. The fourth-order valence-corrected chi connectivity index (χ4v) is 1.79. The van der Waals surface area contributed by atoms with E-state index in [0.717, 1.165) is 5.69 Å². The summed E-state index contributed by atoms with van der Waals surface area (Å²) >= 11 is 0. The van der Waals surface area contributed by atoms with Crippen LogP contribution in [0.1, 0.15) is 21.0 Å². The molecule has 1 aromatic carbocycles. The predicted octanol–water partition coefficient (Wildman–Crippen LogP) is 0.737. The van der Waals surface area contributed by atoms with Gasteiger partial charge in [0.25, 0.3) is 11.8 Å². The number of para-hydroxylation sites is 1. The highest BCUT2D eigenvalue weighted by Gasteiger charge is 2.13. The van der Waals surface area contributed by atoms with E-state index in [-0.39, 0.29) is 11.4 Å². The number of benzene rings is 1. The summed E-state index contributed by atoms with van der Waals surface area (Å²) in [6.07, 6.45) is 2.80. The molecule has 3 rings (SSSR count). The molecule has 0 radical (unpaired) electrons. The smallest absolute Gasteiger partial charge is 0.266 e. The lowest BCUT2D eigenvalue weighted by atomic mass is 10.3. The second-order valence-corrected chi connectivity index (χ2v) is 4.48. The molecule has 0 atom stereocenters. The van der Waals surface area contributed by atoms with E-state index >= 15 is 0 Å². The highest BCUT2D eigenvalue weighted by molar-refractivity contribution is 5.97. The largest absolute Gasteiger partial charge is 0.291 e. The molecule has 114 valence electrons. The highest BCUT2D eigenvalue weighted by atomic mass is 16.2. The molecule has 0 saturated carbocycles. The molecule has 0 aliphatic heterocycles. The van der Waals surface area contributed by atoms with Gasteiger partial charge in [-0.25, -0.2) is 0 Å². The van der Waals surface area contributed by atoms with Crippen molar-refractivity contribution in [3.05, 3.63) is 72.3 Å². The van der Waals surface area contributed by atoms with Crippen LogP contribution in [0.25, 0.3) is 5.69 Å². The maximum absolute atomic E-state index is 12.0. The molecule has 3 aromatic rings. The molecule has 0 aliphatic rings. The number of rotatable bonds is 3. The lowest BCUT2D eigenvalue weighted by Crippen LogP contribution is -2.42. The number of hydrogen-bond donors (Lipinski definition) is 2. The maximum Gasteiger partial charge on any atom is 0.291 e. The van der Waals surface area contributed by atoms with Crippen molar-refractivity contribution in [3.8, 4) is 5.69 Å². The first-order chi connectivity index (χ1) is 11.2. The Morgan fingerprint density at radius 3 is 2.26 bits per heavy atom. The average molecular weight is 308 g/mol. The van der Waals surface area contributed by atoms with Gasteiger partial charge in [0.1, 0.15) is 5.69 Å². The molecule has 23 heavy (non-hydrogen) atoms. The van der Waals surface area contributed by atoms with Gasteiger partial charge in [-0.3, -0.25) is 25.4 Å². The minimum atomic E-state index is -0.573. The van der Waals surface area contributed by atoms with Crippen molar-refractivity contribution in [2.75, 3.05) is 0 Å². The van der Waals surface area contributed by atoms with Gasteiger partial charge in [0.2, 0.25) is 0 Å². The van der Waals surface area contributed by atoms with Crippen LogP contribution in [0, 0.1) is 0 Å². The Labute approximate surface area is 131 Å². The summed E-state index contributed by atoms with van der Waals surface area (Å²) in [5.74, 6) is -1.09. The summed E-state index contributed by atoms with van der Waals surface area (Å²) in [6.45, 7) is 0. The van der Waals surface area contributed by atoms with Gasteiger partial charge in [0.15, 0.2) is 5.69 Å². The molecule has 2 aromatic heterocycles. The Hall–Kier alpha value is -3.55. The third-order valence-electron chi connectivity index (χ3n) is 2.90. The van der Waals surface area contributed by atoms with Crippen LogP contribution in [0.15, 0.2) is 60.9 Å². The topological polar surface area (TPSA) is 102 Å². The molecule has 8 heteroatoms. The van der Waals surface area contributed by atoms with Gasteiger partial charge in [0, 0.05) is 6.20 Å². The fraction of sp³-hybridized carbons (Fsp3) is 0. The first-order valence-corrected chi connectivity index (χ1v) is 6.73. The van der Waals surface area contributed by atoms with Crippen molar-refractivity contribution in [1.29, 1.82) is 0 Å². The molecular formula is C15H12N6O2. The van der Waals surface area contributed by atoms with E-state index < -0.39 is 11.8 Å². The van der Waals surface area contributed by atoms with Crippen molar-refractivity contribution in [2.45, 2.75) is 0 Å². The molecule has 2 heterocycles. The Morgan fingerprint density at radius 1 is 0.870 bits per heavy atom. The Kier molecular flexibility index (Phi) is 4.05. The molecule has 0 fully saturated rings. The van der Waals surface area contributed by atoms with Crippen molar-refractivity contribution in [3.63, 3.8) is 0 Å². The van der Waals surface area contributed by atoms with Crippen molar-refractivity contribution in [2.24, 2.45) is 0 Å². The number of amides is 2. The second-order valence-electron chi connectivity index (χ2n) is 4.48. The molecule has 0 aliphatic carbocycles. The average Bonchev–Trinajstić information content (AvgIpc) is 3.11. The predicted molar refractivity (Wildman–Crippen MR) is 80.5 cm³/mol. The van der Waals surface area contributed by atoms with Crippen molar-refractivity contribution in [1.82, 2.24) is 30.8 Å². The molecule has 0 unspecified atom stereocenters. The first-order valence-electron chi connectivity index (χ1n) is 6.73. The van der Waals surface area contributed by atoms with E-state index in [0.29, 0.717) is 0 Å². The van der Waals surface area contributed by atoms with Crippen LogP contribution in [0.2, 0.25) is 0 Å². The number of carbonyl (C=O) groups is 2. The SMILES string of the molecule is O=C(NNC(=O)c1cnn(-c2ccccc2)n1)c1ccccn1. The zero-order chi connectivity index (χ0) is 16.1. The van der Waals surface area contributed by atoms with Gasteiger partial charge < -0.3 is 0 Å². The number of nitrogens with one attached hydrogen (secondary N) is 2. The number of hydrogen-bond acceptors (Lipinski definition) is 5. The Morgan fingerprint density at radius 2 is 1.57 bits per heavy atom. The summed E-state index contributed by atoms with van der Waals surface area (Å²) < 4.78 is 0. The van der Waals surface area contributed by atoms with Crippen LogP contribution < -0.4 is 10.9 Å². The molecule has 0 spiro atoms. The summed E-state index contributed by atoms with van der Waals surface area (Å²) in [5, 5.41) is 8.07. The van der Waals surface area contributed by atoms with Crippen LogP contribution in [-0.4, -0.2) is 31.8 Å². The number of hydrazine groups is 1. The fourth-order valence-electron chi connectivity index (χ4n) is 1.79. The van der Waals surface area contributed by atoms with Crippen LogP contribution >= 0.6 is 0 Å².